The van der Waals surface area contributed by atoms with Crippen molar-refractivity contribution in [3.8, 4) is 5.75 Å². The number of rotatable bonds is 8. The number of carbonyl (C=O) groups is 1. The Morgan fingerprint density at radius 2 is 1.77 bits per heavy atom. The van der Waals surface area contributed by atoms with E-state index in [1.807, 2.05) is 51.1 Å². The topological polar surface area (TPSA) is 63.2 Å². The minimum atomic E-state index is -0.509. The Bertz CT molecular complexity index is 806. The van der Waals surface area contributed by atoms with Crippen molar-refractivity contribution in [3.05, 3.63) is 65.7 Å². The van der Waals surface area contributed by atoms with Crippen molar-refractivity contribution in [1.29, 1.82) is 0 Å². The molecule has 1 fully saturated rings. The Morgan fingerprint density at radius 1 is 1.07 bits per heavy atom. The first-order valence-electron chi connectivity index (χ1n) is 10.3. The Balaban J connectivity index is 1.69. The molecular weight excluding hydrogens is 384 g/mol. The van der Waals surface area contributed by atoms with Crippen molar-refractivity contribution < 1.29 is 28.5 Å². The standard InChI is InChI=1S/C24H30O6/c1-16(2)24-28-15-21(27-14-19-12-8-9-13-20(19)26-4)22(30-24)17(3)29-23(25)18-10-6-5-7-11-18/h5-13,16-17,21-22,24H,14-15H2,1-4H3/t17?,21-,22-,24+/m1/s1. The summed E-state index contributed by atoms with van der Waals surface area (Å²) in [6, 6.07) is 16.6. The zero-order valence-electron chi connectivity index (χ0n) is 17.9. The van der Waals surface area contributed by atoms with Crippen molar-refractivity contribution in [2.75, 3.05) is 13.7 Å². The second-order valence-electron chi connectivity index (χ2n) is 7.68. The SMILES string of the molecule is COc1ccccc1CO[C@@H]1CO[C@H](C(C)C)O[C@@H]1C(C)OC(=O)c1ccccc1. The minimum absolute atomic E-state index is 0.166. The van der Waals surface area contributed by atoms with Crippen LogP contribution in [0.25, 0.3) is 0 Å². The van der Waals surface area contributed by atoms with E-state index in [0.717, 1.165) is 11.3 Å². The van der Waals surface area contributed by atoms with Gasteiger partial charge in [-0.3, -0.25) is 0 Å². The lowest BCUT2D eigenvalue weighted by Gasteiger charge is -2.40. The molecule has 4 atom stereocenters. The summed E-state index contributed by atoms with van der Waals surface area (Å²) in [5.74, 6) is 0.540. The van der Waals surface area contributed by atoms with Gasteiger partial charge in [0.2, 0.25) is 0 Å². The molecule has 1 heterocycles. The summed E-state index contributed by atoms with van der Waals surface area (Å²) in [6.07, 6.45) is -1.72. The fourth-order valence-electron chi connectivity index (χ4n) is 3.37. The molecule has 162 valence electrons. The smallest absolute Gasteiger partial charge is 0.338 e. The highest BCUT2D eigenvalue weighted by Gasteiger charge is 2.39. The number of hydrogen-bond acceptors (Lipinski definition) is 6. The maximum atomic E-state index is 12.5. The van der Waals surface area contributed by atoms with Crippen molar-refractivity contribution in [1.82, 2.24) is 0 Å². The first-order chi connectivity index (χ1) is 14.5. The fraction of sp³-hybridized carbons (Fsp3) is 0.458. The molecule has 0 N–H and O–H groups in total. The molecule has 0 amide bonds. The van der Waals surface area contributed by atoms with E-state index in [9.17, 15) is 4.79 Å². The van der Waals surface area contributed by atoms with Gasteiger partial charge in [0.05, 0.1) is 25.9 Å². The molecule has 0 spiro atoms. The number of methoxy groups -OCH3 is 1. The van der Waals surface area contributed by atoms with Gasteiger partial charge in [0.1, 0.15) is 24.1 Å². The van der Waals surface area contributed by atoms with E-state index in [4.69, 9.17) is 23.7 Å². The van der Waals surface area contributed by atoms with Crippen LogP contribution in [0, 0.1) is 5.92 Å². The quantitative estimate of drug-likeness (QED) is 0.603. The van der Waals surface area contributed by atoms with Gasteiger partial charge in [0.25, 0.3) is 0 Å². The lowest BCUT2D eigenvalue weighted by Crippen LogP contribution is -2.52. The molecule has 0 bridgehead atoms. The molecular formula is C24H30O6. The van der Waals surface area contributed by atoms with Crippen LogP contribution >= 0.6 is 0 Å². The summed E-state index contributed by atoms with van der Waals surface area (Å²) in [5, 5.41) is 0. The summed E-state index contributed by atoms with van der Waals surface area (Å²) >= 11 is 0. The third kappa shape index (κ3) is 5.59. The highest BCUT2D eigenvalue weighted by molar-refractivity contribution is 5.89. The predicted octanol–water partition coefficient (Wildman–Crippen LogP) is 4.22. The van der Waals surface area contributed by atoms with E-state index in [1.165, 1.54) is 0 Å². The van der Waals surface area contributed by atoms with Crippen LogP contribution in [0.2, 0.25) is 0 Å². The number of ether oxygens (including phenoxy) is 5. The van der Waals surface area contributed by atoms with Gasteiger partial charge in [-0.1, -0.05) is 50.2 Å². The van der Waals surface area contributed by atoms with Gasteiger partial charge in [-0.2, -0.15) is 0 Å². The Morgan fingerprint density at radius 3 is 2.47 bits per heavy atom. The van der Waals surface area contributed by atoms with E-state index in [0.29, 0.717) is 18.8 Å². The second kappa shape index (κ2) is 10.6. The van der Waals surface area contributed by atoms with E-state index < -0.39 is 12.2 Å². The van der Waals surface area contributed by atoms with Gasteiger partial charge in [-0.25, -0.2) is 4.79 Å². The van der Waals surface area contributed by atoms with Crippen molar-refractivity contribution in [2.24, 2.45) is 5.92 Å². The zero-order chi connectivity index (χ0) is 21.5. The number of benzene rings is 2. The monoisotopic (exact) mass is 414 g/mol. The lowest BCUT2D eigenvalue weighted by atomic mass is 10.1. The average molecular weight is 414 g/mol. The lowest BCUT2D eigenvalue weighted by molar-refractivity contribution is -0.291. The van der Waals surface area contributed by atoms with E-state index in [2.05, 4.69) is 0 Å². The largest absolute Gasteiger partial charge is 0.496 e. The van der Waals surface area contributed by atoms with Crippen molar-refractivity contribution >= 4 is 5.97 Å². The Hall–Kier alpha value is -2.41. The molecule has 1 aliphatic rings. The van der Waals surface area contributed by atoms with E-state index in [-0.39, 0.29) is 24.3 Å². The van der Waals surface area contributed by atoms with Crippen LogP contribution in [-0.4, -0.2) is 44.3 Å². The molecule has 2 aromatic rings. The summed E-state index contributed by atoms with van der Waals surface area (Å²) in [6.45, 7) is 6.57. The maximum Gasteiger partial charge on any atom is 0.338 e. The highest BCUT2D eigenvalue weighted by Crippen LogP contribution is 2.27. The van der Waals surface area contributed by atoms with E-state index in [1.54, 1.807) is 31.4 Å². The molecule has 30 heavy (non-hydrogen) atoms. The van der Waals surface area contributed by atoms with Crippen molar-refractivity contribution in [3.63, 3.8) is 0 Å². The Kier molecular flexibility index (Phi) is 7.85. The maximum absolute atomic E-state index is 12.5. The molecule has 2 aromatic carbocycles. The number of hydrogen-bond donors (Lipinski definition) is 0. The number of esters is 1. The van der Waals surface area contributed by atoms with E-state index >= 15 is 0 Å². The predicted molar refractivity (Wildman–Crippen MR) is 112 cm³/mol. The van der Waals surface area contributed by atoms with Crippen molar-refractivity contribution in [2.45, 2.75) is 52.0 Å². The van der Waals surface area contributed by atoms with Crippen LogP contribution in [0.3, 0.4) is 0 Å². The molecule has 0 aromatic heterocycles. The summed E-state index contributed by atoms with van der Waals surface area (Å²) in [7, 11) is 1.63. The van der Waals surface area contributed by atoms with Crippen LogP contribution < -0.4 is 4.74 Å². The van der Waals surface area contributed by atoms with Gasteiger partial charge in [0.15, 0.2) is 6.29 Å². The van der Waals surface area contributed by atoms with Crippen LogP contribution in [0.5, 0.6) is 5.75 Å². The molecule has 6 heteroatoms. The normalized spacial score (nSPS) is 22.5. The second-order valence-corrected chi connectivity index (χ2v) is 7.68. The molecule has 0 aliphatic carbocycles. The zero-order valence-corrected chi connectivity index (χ0v) is 17.9. The van der Waals surface area contributed by atoms with Crippen LogP contribution in [0.4, 0.5) is 0 Å². The molecule has 1 saturated heterocycles. The molecule has 1 unspecified atom stereocenters. The van der Waals surface area contributed by atoms with Gasteiger partial charge >= 0.3 is 5.97 Å². The molecule has 0 saturated carbocycles. The first kappa shape index (κ1) is 22.3. The third-order valence-electron chi connectivity index (χ3n) is 5.04. The molecule has 1 aliphatic heterocycles. The summed E-state index contributed by atoms with van der Waals surface area (Å²) < 4.78 is 29.2. The van der Waals surface area contributed by atoms with Gasteiger partial charge in [0, 0.05) is 11.5 Å². The molecule has 0 radical (unpaired) electrons. The minimum Gasteiger partial charge on any atom is -0.496 e. The first-order valence-corrected chi connectivity index (χ1v) is 10.3. The van der Waals surface area contributed by atoms with Gasteiger partial charge in [-0.05, 0) is 25.1 Å². The van der Waals surface area contributed by atoms with Gasteiger partial charge < -0.3 is 23.7 Å². The highest BCUT2D eigenvalue weighted by atomic mass is 16.7. The summed E-state index contributed by atoms with van der Waals surface area (Å²) in [4.78, 5) is 12.5. The third-order valence-corrected chi connectivity index (χ3v) is 5.04. The Labute approximate surface area is 178 Å². The van der Waals surface area contributed by atoms with Crippen LogP contribution in [-0.2, 0) is 25.6 Å². The van der Waals surface area contributed by atoms with Crippen LogP contribution in [0.15, 0.2) is 54.6 Å². The summed E-state index contributed by atoms with van der Waals surface area (Å²) in [5.41, 5.74) is 1.43. The van der Waals surface area contributed by atoms with Crippen LogP contribution in [0.1, 0.15) is 36.7 Å². The number of para-hydroxylation sites is 1. The molecule has 6 nitrogen and oxygen atoms in total. The average Bonchev–Trinajstić information content (AvgIpc) is 2.78. The molecule has 3 rings (SSSR count). The number of carbonyl (C=O) groups excluding carboxylic acids is 1. The van der Waals surface area contributed by atoms with Gasteiger partial charge in [-0.15, -0.1) is 0 Å². The fourth-order valence-corrected chi connectivity index (χ4v) is 3.37.